The number of aliphatic imine (C=N–C) groups is 1. The van der Waals surface area contributed by atoms with Crippen LogP contribution >= 0.6 is 35.7 Å². The maximum Gasteiger partial charge on any atom is 0.191 e. The summed E-state index contributed by atoms with van der Waals surface area (Å²) in [6.07, 6.45) is 6.27. The van der Waals surface area contributed by atoms with E-state index in [1.165, 1.54) is 12.1 Å². The largest absolute Gasteiger partial charge is 0.381 e. The van der Waals surface area contributed by atoms with E-state index in [0.717, 1.165) is 70.1 Å². The fourth-order valence-corrected chi connectivity index (χ4v) is 4.75. The summed E-state index contributed by atoms with van der Waals surface area (Å²) < 4.78 is 32.2. The molecule has 0 atom stereocenters. The van der Waals surface area contributed by atoms with Gasteiger partial charge in [0.1, 0.15) is 0 Å². The molecule has 3 rings (SSSR count). The quantitative estimate of drug-likeness (QED) is 0.320. The Morgan fingerprint density at radius 3 is 2.53 bits per heavy atom. The summed E-state index contributed by atoms with van der Waals surface area (Å²) in [4.78, 5) is 6.68. The Balaban J connectivity index is 0.00000320. The Morgan fingerprint density at radius 1 is 1.23 bits per heavy atom. The van der Waals surface area contributed by atoms with Gasteiger partial charge in [0.25, 0.3) is 0 Å². The van der Waals surface area contributed by atoms with Crippen molar-refractivity contribution >= 4 is 41.7 Å². The number of hydrogen-bond donors (Lipinski definition) is 2. The van der Waals surface area contributed by atoms with Crippen LogP contribution in [0.5, 0.6) is 0 Å². The molecule has 0 unspecified atom stereocenters. The van der Waals surface area contributed by atoms with Crippen LogP contribution < -0.4 is 10.6 Å². The molecule has 5 nitrogen and oxygen atoms in total. The molecular weight excluding hydrogens is 521 g/mol. The van der Waals surface area contributed by atoms with E-state index in [2.05, 4.69) is 26.8 Å². The molecule has 2 heterocycles. The van der Waals surface area contributed by atoms with Gasteiger partial charge in [0.15, 0.2) is 17.6 Å². The zero-order valence-electron chi connectivity index (χ0n) is 17.8. The van der Waals surface area contributed by atoms with Gasteiger partial charge >= 0.3 is 0 Å². The highest BCUT2D eigenvalue weighted by molar-refractivity contribution is 14.0. The maximum absolute atomic E-state index is 13.4. The highest BCUT2D eigenvalue weighted by Gasteiger charge is 2.32. The van der Waals surface area contributed by atoms with Crippen LogP contribution in [0, 0.1) is 11.6 Å². The van der Waals surface area contributed by atoms with Crippen LogP contribution in [0.15, 0.2) is 23.2 Å². The van der Waals surface area contributed by atoms with Gasteiger partial charge in [0.05, 0.1) is 0 Å². The minimum atomic E-state index is -0.792. The minimum Gasteiger partial charge on any atom is -0.381 e. The van der Waals surface area contributed by atoms with Crippen LogP contribution in [-0.4, -0.2) is 67.8 Å². The topological polar surface area (TPSA) is 48.9 Å². The second kappa shape index (κ2) is 12.4. The number of nitrogens with one attached hydrogen (secondary N) is 2. The lowest BCUT2D eigenvalue weighted by Crippen LogP contribution is -2.52. The van der Waals surface area contributed by atoms with E-state index >= 15 is 0 Å². The van der Waals surface area contributed by atoms with E-state index < -0.39 is 11.6 Å². The molecule has 0 amide bonds. The monoisotopic (exact) mass is 554 g/mol. The van der Waals surface area contributed by atoms with Crippen molar-refractivity contribution in [2.75, 3.05) is 46.2 Å². The first-order valence-corrected chi connectivity index (χ1v) is 11.5. The van der Waals surface area contributed by atoms with Gasteiger partial charge in [-0.2, -0.15) is 11.8 Å². The minimum absolute atomic E-state index is 0. The van der Waals surface area contributed by atoms with Crippen molar-refractivity contribution < 1.29 is 13.5 Å². The SMILES string of the molecule is CN=C(NCC1(SC)CCOCC1)NC1CCN(Cc2ccc(F)c(F)c2)CC1.I. The summed E-state index contributed by atoms with van der Waals surface area (Å²) >= 11 is 1.91. The molecule has 0 radical (unpaired) electrons. The zero-order chi connectivity index (χ0) is 20.7. The molecule has 0 aromatic heterocycles. The van der Waals surface area contributed by atoms with E-state index in [0.29, 0.717) is 12.6 Å². The number of halogens is 3. The highest BCUT2D eigenvalue weighted by Crippen LogP contribution is 2.33. The van der Waals surface area contributed by atoms with E-state index in [4.69, 9.17) is 4.74 Å². The van der Waals surface area contributed by atoms with E-state index in [-0.39, 0.29) is 28.7 Å². The van der Waals surface area contributed by atoms with Gasteiger partial charge in [-0.3, -0.25) is 9.89 Å². The summed E-state index contributed by atoms with van der Waals surface area (Å²) in [6.45, 7) is 5.01. The third-order valence-corrected chi connectivity index (χ3v) is 7.38. The van der Waals surface area contributed by atoms with Crippen LogP contribution in [0.1, 0.15) is 31.2 Å². The maximum atomic E-state index is 13.4. The lowest BCUT2D eigenvalue weighted by molar-refractivity contribution is 0.0782. The average molecular weight is 554 g/mol. The zero-order valence-corrected chi connectivity index (χ0v) is 20.9. The summed E-state index contributed by atoms with van der Waals surface area (Å²) in [7, 11) is 1.81. The first-order valence-electron chi connectivity index (χ1n) is 10.3. The van der Waals surface area contributed by atoms with Gasteiger partial charge in [-0.1, -0.05) is 6.07 Å². The molecule has 9 heteroatoms. The Bertz CT molecular complexity index is 696. The number of likely N-dealkylation sites (tertiary alicyclic amines) is 1. The molecule has 2 aliphatic heterocycles. The molecule has 2 aliphatic rings. The fourth-order valence-electron chi connectivity index (χ4n) is 3.96. The smallest absolute Gasteiger partial charge is 0.191 e. The standard InChI is InChI=1S/C21H32F2N4OS.HI/c1-24-20(25-15-21(29-2)7-11-28-12-8-21)26-17-5-9-27(10-6-17)14-16-3-4-18(22)19(23)13-16;/h3-4,13,17H,5-12,14-15H2,1-2H3,(H2,24,25,26);1H. The first-order chi connectivity index (χ1) is 14.0. The molecule has 0 aliphatic carbocycles. The number of hydrogen-bond acceptors (Lipinski definition) is 4. The molecule has 1 aromatic carbocycles. The van der Waals surface area contributed by atoms with Crippen molar-refractivity contribution in [2.45, 2.75) is 43.0 Å². The number of thioether (sulfide) groups is 1. The molecule has 2 fully saturated rings. The predicted octanol–water partition coefficient (Wildman–Crippen LogP) is 3.62. The molecule has 0 spiro atoms. The van der Waals surface area contributed by atoms with Crippen molar-refractivity contribution in [1.29, 1.82) is 0 Å². The summed E-state index contributed by atoms with van der Waals surface area (Å²) in [5.74, 6) is -0.718. The number of piperidine rings is 1. The lowest BCUT2D eigenvalue weighted by atomic mass is 9.99. The van der Waals surface area contributed by atoms with Gasteiger partial charge in [0.2, 0.25) is 0 Å². The molecule has 170 valence electrons. The molecule has 2 saturated heterocycles. The van der Waals surface area contributed by atoms with E-state index in [1.807, 2.05) is 18.8 Å². The molecule has 0 bridgehead atoms. The van der Waals surface area contributed by atoms with Crippen LogP contribution in [0.3, 0.4) is 0 Å². The molecule has 2 N–H and O–H groups in total. The lowest BCUT2D eigenvalue weighted by Gasteiger charge is -2.37. The molecular formula is C21H33F2IN4OS. The normalized spacial score (nSPS) is 20.5. The van der Waals surface area contributed by atoms with Crippen molar-refractivity contribution in [3.63, 3.8) is 0 Å². The average Bonchev–Trinajstić information content (AvgIpc) is 2.75. The Morgan fingerprint density at radius 2 is 1.93 bits per heavy atom. The van der Waals surface area contributed by atoms with E-state index in [1.54, 1.807) is 6.07 Å². The number of guanidine groups is 1. The fraction of sp³-hybridized carbons (Fsp3) is 0.667. The third kappa shape index (κ3) is 7.20. The molecule has 0 saturated carbocycles. The van der Waals surface area contributed by atoms with Crippen molar-refractivity contribution in [1.82, 2.24) is 15.5 Å². The summed E-state index contributed by atoms with van der Waals surface area (Å²) in [5, 5.41) is 7.06. The second-order valence-corrected chi connectivity index (χ2v) is 9.14. The van der Waals surface area contributed by atoms with Crippen LogP contribution in [0.25, 0.3) is 0 Å². The van der Waals surface area contributed by atoms with Gasteiger partial charge in [-0.25, -0.2) is 8.78 Å². The van der Waals surface area contributed by atoms with Gasteiger partial charge in [0, 0.05) is 57.2 Å². The second-order valence-electron chi connectivity index (χ2n) is 7.87. The van der Waals surface area contributed by atoms with Crippen LogP contribution in [-0.2, 0) is 11.3 Å². The van der Waals surface area contributed by atoms with Crippen molar-refractivity contribution in [2.24, 2.45) is 4.99 Å². The third-order valence-electron chi connectivity index (χ3n) is 5.96. The van der Waals surface area contributed by atoms with Gasteiger partial charge in [-0.15, -0.1) is 24.0 Å². The van der Waals surface area contributed by atoms with E-state index in [9.17, 15) is 8.78 Å². The van der Waals surface area contributed by atoms with Crippen LogP contribution in [0.2, 0.25) is 0 Å². The summed E-state index contributed by atoms with van der Waals surface area (Å²) in [5.41, 5.74) is 0.812. The number of ether oxygens (including phenoxy) is 1. The Hall–Kier alpha value is -0.650. The van der Waals surface area contributed by atoms with Gasteiger partial charge < -0.3 is 15.4 Å². The first kappa shape index (κ1) is 25.6. The van der Waals surface area contributed by atoms with Crippen molar-refractivity contribution in [3.8, 4) is 0 Å². The number of benzene rings is 1. The molecule has 1 aromatic rings. The molecule has 30 heavy (non-hydrogen) atoms. The van der Waals surface area contributed by atoms with Crippen molar-refractivity contribution in [3.05, 3.63) is 35.4 Å². The number of nitrogens with zero attached hydrogens (tertiary/aromatic N) is 2. The Kier molecular flexibility index (Phi) is 10.6. The summed E-state index contributed by atoms with van der Waals surface area (Å²) in [6, 6.07) is 4.52. The van der Waals surface area contributed by atoms with Crippen LogP contribution in [0.4, 0.5) is 8.78 Å². The number of rotatable bonds is 6. The van der Waals surface area contributed by atoms with Gasteiger partial charge in [-0.05, 0) is 49.6 Å². The highest BCUT2D eigenvalue weighted by atomic mass is 127. The Labute approximate surface area is 199 Å². The predicted molar refractivity (Wildman–Crippen MR) is 131 cm³/mol.